The minimum absolute atomic E-state index is 0.116. The quantitative estimate of drug-likeness (QED) is 0.645. The molecular weight excluding hydrogens is 276 g/mol. The van der Waals surface area contributed by atoms with Crippen LogP contribution < -0.4 is 10.6 Å². The molecule has 0 spiro atoms. The third-order valence-corrected chi connectivity index (χ3v) is 2.72. The number of urea groups is 1. The van der Waals surface area contributed by atoms with E-state index in [0.717, 1.165) is 5.56 Å². The molecule has 0 fully saturated rings. The number of hydrogen-bond donors (Lipinski definition) is 3. The lowest BCUT2D eigenvalue weighted by atomic mass is 10.1. The van der Waals surface area contributed by atoms with E-state index < -0.39 is 5.97 Å². The molecule has 0 aromatic heterocycles. The minimum Gasteiger partial charge on any atom is -0.478 e. The fourth-order valence-corrected chi connectivity index (χ4v) is 1.62. The second-order valence-corrected chi connectivity index (χ2v) is 4.26. The number of carboxylic acids is 1. The Morgan fingerprint density at radius 1 is 1.19 bits per heavy atom. The van der Waals surface area contributed by atoms with Gasteiger partial charge in [-0.3, -0.25) is 4.79 Å². The summed E-state index contributed by atoms with van der Waals surface area (Å²) in [6.45, 7) is 0.570. The molecule has 0 atom stereocenters. The van der Waals surface area contributed by atoms with Gasteiger partial charge in [0.25, 0.3) is 0 Å². The van der Waals surface area contributed by atoms with Gasteiger partial charge in [0.2, 0.25) is 0 Å². The summed E-state index contributed by atoms with van der Waals surface area (Å²) in [5.74, 6) is -1.37. The summed E-state index contributed by atoms with van der Waals surface area (Å²) in [7, 11) is 1.29. The van der Waals surface area contributed by atoms with Gasteiger partial charge in [-0.15, -0.1) is 0 Å². The van der Waals surface area contributed by atoms with Gasteiger partial charge < -0.3 is 20.5 Å². The van der Waals surface area contributed by atoms with Crippen molar-refractivity contribution in [1.82, 2.24) is 10.6 Å². The number of esters is 1. The predicted octanol–water partition coefficient (Wildman–Crippen LogP) is 0.790. The largest absolute Gasteiger partial charge is 0.478 e. The summed E-state index contributed by atoms with van der Waals surface area (Å²) < 4.78 is 4.44. The van der Waals surface area contributed by atoms with E-state index in [4.69, 9.17) is 5.11 Å². The summed E-state index contributed by atoms with van der Waals surface area (Å²) in [5, 5.41) is 14.0. The van der Waals surface area contributed by atoms with E-state index in [2.05, 4.69) is 15.4 Å². The maximum Gasteiger partial charge on any atom is 0.335 e. The van der Waals surface area contributed by atoms with E-state index in [-0.39, 0.29) is 30.5 Å². The number of aromatic carboxylic acids is 1. The number of ether oxygens (including phenoxy) is 1. The highest BCUT2D eigenvalue weighted by atomic mass is 16.5. The molecule has 0 saturated heterocycles. The van der Waals surface area contributed by atoms with Crippen molar-refractivity contribution >= 4 is 18.0 Å². The van der Waals surface area contributed by atoms with Crippen LogP contribution in [0.15, 0.2) is 24.3 Å². The van der Waals surface area contributed by atoms with Crippen molar-refractivity contribution in [3.05, 3.63) is 35.4 Å². The number of carbonyl (C=O) groups is 3. The molecule has 0 aliphatic heterocycles. The second-order valence-electron chi connectivity index (χ2n) is 4.26. The number of amides is 2. The van der Waals surface area contributed by atoms with Crippen LogP contribution in [0.5, 0.6) is 0 Å². The number of hydrogen-bond acceptors (Lipinski definition) is 4. The van der Waals surface area contributed by atoms with Gasteiger partial charge in [-0.1, -0.05) is 12.1 Å². The number of carbonyl (C=O) groups excluding carboxylic acids is 2. The molecule has 0 bridgehead atoms. The zero-order valence-corrected chi connectivity index (χ0v) is 11.7. The molecule has 0 unspecified atom stereocenters. The van der Waals surface area contributed by atoms with Gasteiger partial charge >= 0.3 is 18.0 Å². The van der Waals surface area contributed by atoms with Gasteiger partial charge in [-0.2, -0.15) is 0 Å². The summed E-state index contributed by atoms with van der Waals surface area (Å²) in [6.07, 6.45) is 0.635. The molecule has 0 heterocycles. The molecule has 0 aliphatic carbocycles. The zero-order valence-electron chi connectivity index (χ0n) is 11.7. The van der Waals surface area contributed by atoms with Crippen molar-refractivity contribution in [3.63, 3.8) is 0 Å². The van der Waals surface area contributed by atoms with Crippen molar-refractivity contribution < 1.29 is 24.2 Å². The highest BCUT2D eigenvalue weighted by Crippen LogP contribution is 2.05. The van der Waals surface area contributed by atoms with Gasteiger partial charge in [0.05, 0.1) is 19.1 Å². The summed E-state index contributed by atoms with van der Waals surface area (Å²) in [4.78, 5) is 33.1. The van der Waals surface area contributed by atoms with Gasteiger partial charge in [-0.25, -0.2) is 9.59 Å². The van der Waals surface area contributed by atoms with Crippen molar-refractivity contribution in [2.24, 2.45) is 0 Å². The van der Waals surface area contributed by atoms with E-state index in [1.807, 2.05) is 0 Å². The molecule has 0 radical (unpaired) electrons. The second kappa shape index (κ2) is 8.57. The normalized spacial score (nSPS) is 9.76. The van der Waals surface area contributed by atoms with E-state index in [1.165, 1.54) is 13.2 Å². The molecule has 1 aromatic carbocycles. The van der Waals surface area contributed by atoms with E-state index in [9.17, 15) is 14.4 Å². The van der Waals surface area contributed by atoms with Crippen LogP contribution in [0.25, 0.3) is 0 Å². The summed E-state index contributed by atoms with van der Waals surface area (Å²) >= 11 is 0. The SMILES string of the molecule is COC(=O)CCNC(=O)NCCc1cccc(C(=O)O)c1. The average Bonchev–Trinajstić information content (AvgIpc) is 2.47. The highest BCUT2D eigenvalue weighted by Gasteiger charge is 2.05. The molecule has 1 aromatic rings. The predicted molar refractivity (Wildman–Crippen MR) is 75.1 cm³/mol. The molecule has 7 nitrogen and oxygen atoms in total. The van der Waals surface area contributed by atoms with Crippen LogP contribution in [0.1, 0.15) is 22.3 Å². The van der Waals surface area contributed by atoms with Crippen molar-refractivity contribution in [3.8, 4) is 0 Å². The summed E-state index contributed by atoms with van der Waals surface area (Å²) in [5.41, 5.74) is 1.04. The van der Waals surface area contributed by atoms with Gasteiger partial charge in [0.15, 0.2) is 0 Å². The molecule has 0 aliphatic rings. The van der Waals surface area contributed by atoms with Crippen molar-refractivity contribution in [2.45, 2.75) is 12.8 Å². The fraction of sp³-hybridized carbons (Fsp3) is 0.357. The topological polar surface area (TPSA) is 105 Å². The maximum absolute atomic E-state index is 11.4. The molecule has 2 amide bonds. The average molecular weight is 294 g/mol. The molecular formula is C14H18N2O5. The molecule has 3 N–H and O–H groups in total. The maximum atomic E-state index is 11.4. The Hall–Kier alpha value is -2.57. The lowest BCUT2D eigenvalue weighted by molar-refractivity contribution is -0.140. The Kier molecular flexibility index (Phi) is 6.73. The van der Waals surface area contributed by atoms with E-state index in [1.54, 1.807) is 18.2 Å². The number of rotatable bonds is 7. The highest BCUT2D eigenvalue weighted by molar-refractivity contribution is 5.87. The molecule has 0 saturated carbocycles. The third-order valence-electron chi connectivity index (χ3n) is 2.72. The van der Waals surface area contributed by atoms with Crippen LogP contribution in [0.3, 0.4) is 0 Å². The fourth-order valence-electron chi connectivity index (χ4n) is 1.62. The van der Waals surface area contributed by atoms with Gasteiger partial charge in [0, 0.05) is 13.1 Å². The first kappa shape index (κ1) is 16.5. The minimum atomic E-state index is -0.981. The number of benzene rings is 1. The Morgan fingerprint density at radius 3 is 2.57 bits per heavy atom. The molecule has 7 heteroatoms. The lowest BCUT2D eigenvalue weighted by Crippen LogP contribution is -2.37. The Balaban J connectivity index is 2.27. The number of carboxylic acid groups (broad SMARTS) is 1. The Bertz CT molecular complexity index is 516. The molecule has 114 valence electrons. The first-order chi connectivity index (χ1) is 10.0. The third kappa shape index (κ3) is 6.42. The lowest BCUT2D eigenvalue weighted by Gasteiger charge is -2.07. The standard InChI is InChI=1S/C14H18N2O5/c1-21-12(17)6-8-16-14(20)15-7-5-10-3-2-4-11(9-10)13(18)19/h2-4,9H,5-8H2,1H3,(H,18,19)(H2,15,16,20). The van der Waals surface area contributed by atoms with E-state index in [0.29, 0.717) is 13.0 Å². The van der Waals surface area contributed by atoms with Crippen LogP contribution in [0.2, 0.25) is 0 Å². The first-order valence-electron chi connectivity index (χ1n) is 6.43. The first-order valence-corrected chi connectivity index (χ1v) is 6.43. The number of nitrogens with one attached hydrogen (secondary N) is 2. The van der Waals surface area contributed by atoms with Crippen LogP contribution in [-0.2, 0) is 16.0 Å². The van der Waals surface area contributed by atoms with E-state index >= 15 is 0 Å². The monoisotopic (exact) mass is 294 g/mol. The van der Waals surface area contributed by atoms with Crippen LogP contribution in [0, 0.1) is 0 Å². The van der Waals surface area contributed by atoms with Crippen LogP contribution in [0.4, 0.5) is 4.79 Å². The Morgan fingerprint density at radius 2 is 1.90 bits per heavy atom. The number of methoxy groups -OCH3 is 1. The van der Waals surface area contributed by atoms with Crippen LogP contribution >= 0.6 is 0 Å². The Labute approximate surface area is 122 Å². The van der Waals surface area contributed by atoms with Crippen molar-refractivity contribution in [2.75, 3.05) is 20.2 Å². The van der Waals surface area contributed by atoms with Crippen molar-refractivity contribution in [1.29, 1.82) is 0 Å². The molecule has 21 heavy (non-hydrogen) atoms. The van der Waals surface area contributed by atoms with Crippen LogP contribution in [-0.4, -0.2) is 43.3 Å². The smallest absolute Gasteiger partial charge is 0.335 e. The van der Waals surface area contributed by atoms with Gasteiger partial charge in [-0.05, 0) is 24.1 Å². The molecule has 1 rings (SSSR count). The summed E-state index contributed by atoms with van der Waals surface area (Å²) in [6, 6.07) is 6.16. The van der Waals surface area contributed by atoms with Gasteiger partial charge in [0.1, 0.15) is 0 Å². The zero-order chi connectivity index (χ0) is 15.7.